The van der Waals surface area contributed by atoms with E-state index in [9.17, 15) is 0 Å². The van der Waals surface area contributed by atoms with Crippen molar-refractivity contribution >= 4 is 0 Å². The number of rotatable bonds is 7. The molecule has 0 aliphatic heterocycles. The molecule has 14 heavy (non-hydrogen) atoms. The van der Waals surface area contributed by atoms with Gasteiger partial charge in [-0.1, -0.05) is 19.3 Å². The van der Waals surface area contributed by atoms with Gasteiger partial charge in [-0.2, -0.15) is 0 Å². The van der Waals surface area contributed by atoms with Gasteiger partial charge in [-0.15, -0.1) is 0 Å². The third-order valence-electron chi connectivity index (χ3n) is 2.84. The quantitative estimate of drug-likeness (QED) is 0.640. The summed E-state index contributed by atoms with van der Waals surface area (Å²) < 4.78 is 10.9. The molecule has 0 aromatic rings. The molecule has 1 rings (SSSR count). The van der Waals surface area contributed by atoms with Gasteiger partial charge in [0.15, 0.2) is 6.29 Å². The van der Waals surface area contributed by atoms with Crippen LogP contribution in [0.1, 0.15) is 39.5 Å². The third kappa shape index (κ3) is 3.56. The minimum atomic E-state index is -0.203. The Balaban J connectivity index is 2.24. The Morgan fingerprint density at radius 2 is 1.79 bits per heavy atom. The fourth-order valence-corrected chi connectivity index (χ4v) is 1.85. The summed E-state index contributed by atoms with van der Waals surface area (Å²) in [7, 11) is 0. The van der Waals surface area contributed by atoms with Crippen LogP contribution >= 0.6 is 0 Å². The molecule has 1 fully saturated rings. The van der Waals surface area contributed by atoms with Crippen molar-refractivity contribution in [3.05, 3.63) is 0 Å². The lowest BCUT2D eigenvalue weighted by atomic mass is 9.81. The summed E-state index contributed by atoms with van der Waals surface area (Å²) in [5.41, 5.74) is 6.05. The zero-order valence-electron chi connectivity index (χ0n) is 9.37. The molecule has 0 saturated heterocycles. The molecule has 1 aliphatic carbocycles. The monoisotopic (exact) mass is 201 g/mol. The van der Waals surface area contributed by atoms with Gasteiger partial charge in [-0.05, 0) is 26.2 Å². The first kappa shape index (κ1) is 12.0. The molecule has 0 bridgehead atoms. The van der Waals surface area contributed by atoms with Crippen LogP contribution in [0.3, 0.4) is 0 Å². The lowest BCUT2D eigenvalue weighted by Gasteiger charge is -2.31. The summed E-state index contributed by atoms with van der Waals surface area (Å²) in [5.74, 6) is 0.813. The molecule has 0 aromatic carbocycles. The van der Waals surface area contributed by atoms with Crippen LogP contribution in [0.5, 0.6) is 0 Å². The average Bonchev–Trinajstić information content (AvgIpc) is 2.11. The Labute approximate surface area is 86.9 Å². The maximum atomic E-state index is 6.05. The van der Waals surface area contributed by atoms with Gasteiger partial charge >= 0.3 is 0 Å². The van der Waals surface area contributed by atoms with E-state index in [1.807, 2.05) is 13.8 Å². The zero-order valence-corrected chi connectivity index (χ0v) is 9.37. The number of hydrogen-bond donors (Lipinski definition) is 1. The predicted octanol–water partition coefficient (Wildman–Crippen LogP) is 1.90. The number of ether oxygens (including phenoxy) is 2. The molecule has 1 atom stereocenters. The maximum Gasteiger partial charge on any atom is 0.172 e. The molecule has 1 aliphatic rings. The third-order valence-corrected chi connectivity index (χ3v) is 2.84. The van der Waals surface area contributed by atoms with Gasteiger partial charge in [-0.25, -0.2) is 0 Å². The van der Waals surface area contributed by atoms with Crippen molar-refractivity contribution < 1.29 is 9.47 Å². The fraction of sp³-hybridized carbons (Fsp3) is 1.00. The fourth-order valence-electron chi connectivity index (χ4n) is 1.85. The Hall–Kier alpha value is -0.120. The number of hydrogen-bond acceptors (Lipinski definition) is 3. The van der Waals surface area contributed by atoms with Crippen LogP contribution in [0.15, 0.2) is 0 Å². The first-order valence-corrected chi connectivity index (χ1v) is 5.76. The van der Waals surface area contributed by atoms with E-state index in [4.69, 9.17) is 15.2 Å². The molecule has 3 nitrogen and oxygen atoms in total. The van der Waals surface area contributed by atoms with Gasteiger partial charge in [0.2, 0.25) is 0 Å². The average molecular weight is 201 g/mol. The van der Waals surface area contributed by atoms with Crippen LogP contribution < -0.4 is 5.73 Å². The molecule has 1 saturated carbocycles. The summed E-state index contributed by atoms with van der Waals surface area (Å²) in [4.78, 5) is 0. The van der Waals surface area contributed by atoms with E-state index < -0.39 is 0 Å². The Bertz CT molecular complexity index is 142. The molecule has 84 valence electrons. The van der Waals surface area contributed by atoms with Crippen molar-refractivity contribution in [3.63, 3.8) is 0 Å². The van der Waals surface area contributed by atoms with Crippen molar-refractivity contribution in [1.29, 1.82) is 0 Å². The van der Waals surface area contributed by atoms with Gasteiger partial charge in [0.25, 0.3) is 0 Å². The van der Waals surface area contributed by atoms with E-state index >= 15 is 0 Å². The van der Waals surface area contributed by atoms with Crippen LogP contribution in [0, 0.1) is 5.92 Å². The second-order valence-corrected chi connectivity index (χ2v) is 3.98. The van der Waals surface area contributed by atoms with E-state index in [1.165, 1.54) is 19.3 Å². The molecular formula is C11H23NO2. The molecule has 0 heterocycles. The molecule has 3 heteroatoms. The standard InChI is InChI=1S/C11H23NO2/c1-3-13-11(14-4-2)10(12)8-9-6-5-7-9/h9-11H,3-8,12H2,1-2H3. The minimum absolute atomic E-state index is 0.0419. The van der Waals surface area contributed by atoms with Crippen molar-refractivity contribution in [2.75, 3.05) is 13.2 Å². The van der Waals surface area contributed by atoms with Crippen LogP contribution in [-0.2, 0) is 9.47 Å². The highest BCUT2D eigenvalue weighted by Gasteiger charge is 2.25. The normalized spacial score (nSPS) is 19.7. The second-order valence-electron chi connectivity index (χ2n) is 3.98. The first-order valence-electron chi connectivity index (χ1n) is 5.76. The summed E-state index contributed by atoms with van der Waals surface area (Å²) in [6.07, 6.45) is 4.87. The molecule has 1 unspecified atom stereocenters. The van der Waals surface area contributed by atoms with Gasteiger partial charge in [0.05, 0.1) is 6.04 Å². The van der Waals surface area contributed by atoms with Crippen molar-refractivity contribution in [3.8, 4) is 0 Å². The summed E-state index contributed by atoms with van der Waals surface area (Å²) in [6.45, 7) is 5.29. The maximum absolute atomic E-state index is 6.05. The van der Waals surface area contributed by atoms with Gasteiger partial charge in [-0.3, -0.25) is 0 Å². The van der Waals surface area contributed by atoms with Gasteiger partial charge in [0.1, 0.15) is 0 Å². The molecule has 2 N–H and O–H groups in total. The van der Waals surface area contributed by atoms with Gasteiger partial charge < -0.3 is 15.2 Å². The van der Waals surface area contributed by atoms with E-state index in [0.717, 1.165) is 12.3 Å². The Kier molecular flexibility index (Phi) is 5.45. The smallest absolute Gasteiger partial charge is 0.172 e. The van der Waals surface area contributed by atoms with E-state index in [0.29, 0.717) is 13.2 Å². The van der Waals surface area contributed by atoms with E-state index in [1.54, 1.807) is 0 Å². The van der Waals surface area contributed by atoms with E-state index in [-0.39, 0.29) is 12.3 Å². The lowest BCUT2D eigenvalue weighted by Crippen LogP contribution is -2.41. The molecule has 0 amide bonds. The van der Waals surface area contributed by atoms with Crippen molar-refractivity contribution in [1.82, 2.24) is 0 Å². The summed E-state index contributed by atoms with van der Waals surface area (Å²) >= 11 is 0. The zero-order chi connectivity index (χ0) is 10.4. The van der Waals surface area contributed by atoms with Crippen molar-refractivity contribution in [2.24, 2.45) is 11.7 Å². The highest BCUT2D eigenvalue weighted by Crippen LogP contribution is 2.30. The minimum Gasteiger partial charge on any atom is -0.351 e. The van der Waals surface area contributed by atoms with Gasteiger partial charge in [0, 0.05) is 13.2 Å². The molecular weight excluding hydrogens is 178 g/mol. The topological polar surface area (TPSA) is 44.5 Å². The lowest BCUT2D eigenvalue weighted by molar-refractivity contribution is -0.151. The predicted molar refractivity (Wildman–Crippen MR) is 57.0 cm³/mol. The summed E-state index contributed by atoms with van der Waals surface area (Å²) in [6, 6.07) is 0.0419. The van der Waals surface area contributed by atoms with Crippen LogP contribution in [0.4, 0.5) is 0 Å². The highest BCUT2D eigenvalue weighted by atomic mass is 16.7. The first-order chi connectivity index (χ1) is 6.77. The second kappa shape index (κ2) is 6.38. The highest BCUT2D eigenvalue weighted by molar-refractivity contribution is 4.77. The number of nitrogens with two attached hydrogens (primary N) is 1. The van der Waals surface area contributed by atoms with Crippen LogP contribution in [-0.4, -0.2) is 25.5 Å². The molecule has 0 spiro atoms. The Morgan fingerprint density at radius 3 is 2.14 bits per heavy atom. The Morgan fingerprint density at radius 1 is 1.21 bits per heavy atom. The molecule has 0 aromatic heterocycles. The van der Waals surface area contributed by atoms with Crippen LogP contribution in [0.25, 0.3) is 0 Å². The van der Waals surface area contributed by atoms with Crippen molar-refractivity contribution in [2.45, 2.75) is 51.9 Å². The SMILES string of the molecule is CCOC(OCC)C(N)CC1CCC1. The van der Waals surface area contributed by atoms with Crippen LogP contribution in [0.2, 0.25) is 0 Å². The van der Waals surface area contributed by atoms with E-state index in [2.05, 4.69) is 0 Å². The summed E-state index contributed by atoms with van der Waals surface area (Å²) in [5, 5.41) is 0. The largest absolute Gasteiger partial charge is 0.351 e. The molecule has 0 radical (unpaired) electrons.